The maximum absolute atomic E-state index is 5.00. The minimum absolute atomic E-state index is 0.240. The molecule has 5 heteroatoms. The first kappa shape index (κ1) is 21.4. The summed E-state index contributed by atoms with van der Waals surface area (Å²) in [6.07, 6.45) is 19.9. The average Bonchev–Trinajstić information content (AvgIpc) is 2.96. The van der Waals surface area contributed by atoms with Crippen LogP contribution in [-0.4, -0.2) is 14.8 Å². The van der Waals surface area contributed by atoms with Gasteiger partial charge in [-0.1, -0.05) is 102 Å². The number of nitrogens with zero attached hydrogens (tertiary/aromatic N) is 2. The van der Waals surface area contributed by atoms with Crippen molar-refractivity contribution in [2.24, 2.45) is 10.2 Å². The van der Waals surface area contributed by atoms with Gasteiger partial charge in [0, 0.05) is 0 Å². The SMILES string of the molecule is CCCCCCCCCCCCCCCCS[C@H]1N=NC(=S)S1. The van der Waals surface area contributed by atoms with Crippen LogP contribution < -0.4 is 0 Å². The molecular weight excluding hydrogens is 340 g/mol. The zero-order valence-electron chi connectivity index (χ0n) is 14.8. The topological polar surface area (TPSA) is 24.7 Å². The third kappa shape index (κ3) is 13.4. The van der Waals surface area contributed by atoms with E-state index in [1.165, 1.54) is 95.6 Å². The molecule has 0 aromatic carbocycles. The van der Waals surface area contributed by atoms with Crippen LogP contribution in [0.3, 0.4) is 0 Å². The molecule has 23 heavy (non-hydrogen) atoms. The van der Waals surface area contributed by atoms with Gasteiger partial charge >= 0.3 is 0 Å². The fraction of sp³-hybridized carbons (Fsp3) is 0.944. The van der Waals surface area contributed by atoms with Crippen molar-refractivity contribution in [3.63, 3.8) is 0 Å². The number of rotatable bonds is 16. The molecule has 0 amide bonds. The molecule has 1 aliphatic rings. The molecule has 0 N–H and O–H groups in total. The molecule has 1 rings (SSSR count). The van der Waals surface area contributed by atoms with Crippen LogP contribution in [0.25, 0.3) is 0 Å². The molecule has 0 aliphatic carbocycles. The Labute approximate surface area is 157 Å². The molecule has 0 unspecified atom stereocenters. The van der Waals surface area contributed by atoms with Gasteiger partial charge in [-0.05, 0) is 24.4 Å². The molecule has 0 saturated carbocycles. The monoisotopic (exact) mass is 374 g/mol. The first-order valence-corrected chi connectivity index (χ1v) is 11.9. The highest BCUT2D eigenvalue weighted by molar-refractivity contribution is 8.30. The Morgan fingerprint density at radius 3 is 1.74 bits per heavy atom. The van der Waals surface area contributed by atoms with Crippen molar-refractivity contribution in [2.45, 2.75) is 102 Å². The summed E-state index contributed by atoms with van der Waals surface area (Å²) in [4.78, 5) is 0. The highest BCUT2D eigenvalue weighted by atomic mass is 32.2. The smallest absolute Gasteiger partial charge is 0.161 e. The summed E-state index contributed by atoms with van der Waals surface area (Å²) >= 11 is 8.50. The lowest BCUT2D eigenvalue weighted by Gasteiger charge is -2.04. The Hall–Kier alpha value is 0.390. The highest BCUT2D eigenvalue weighted by Crippen LogP contribution is 2.32. The molecule has 1 heterocycles. The summed E-state index contributed by atoms with van der Waals surface area (Å²) in [6, 6.07) is 0. The average molecular weight is 375 g/mol. The quantitative estimate of drug-likeness (QED) is 0.202. The molecule has 0 fully saturated rings. The van der Waals surface area contributed by atoms with E-state index >= 15 is 0 Å². The summed E-state index contributed by atoms with van der Waals surface area (Å²) in [6.45, 7) is 2.29. The standard InChI is InChI=1S/C18H34N2S3/c1-2-3-4-5-6-7-8-9-10-11-12-13-14-15-16-22-18-20-19-17(21)23-18/h18H,2-16H2,1H3/t18-/m1/s1. The predicted octanol–water partition coefficient (Wildman–Crippen LogP) is 7.97. The Balaban J connectivity index is 1.69. The van der Waals surface area contributed by atoms with Crippen LogP contribution in [0.4, 0.5) is 0 Å². The van der Waals surface area contributed by atoms with E-state index in [1.807, 2.05) is 11.8 Å². The lowest BCUT2D eigenvalue weighted by Crippen LogP contribution is -1.91. The van der Waals surface area contributed by atoms with Crippen molar-refractivity contribution in [3.05, 3.63) is 0 Å². The van der Waals surface area contributed by atoms with Gasteiger partial charge in [-0.3, -0.25) is 0 Å². The molecule has 1 atom stereocenters. The summed E-state index contributed by atoms with van der Waals surface area (Å²) in [5.41, 5.74) is 0. The van der Waals surface area contributed by atoms with Crippen molar-refractivity contribution >= 4 is 40.1 Å². The third-order valence-electron chi connectivity index (χ3n) is 4.19. The highest BCUT2D eigenvalue weighted by Gasteiger charge is 2.16. The first-order valence-electron chi connectivity index (χ1n) is 9.56. The van der Waals surface area contributed by atoms with Gasteiger partial charge in [0.1, 0.15) is 0 Å². The van der Waals surface area contributed by atoms with Gasteiger partial charge in [-0.15, -0.1) is 16.9 Å². The zero-order valence-corrected chi connectivity index (χ0v) is 17.3. The first-order chi connectivity index (χ1) is 11.3. The van der Waals surface area contributed by atoms with Gasteiger partial charge in [0.15, 0.2) is 9.03 Å². The van der Waals surface area contributed by atoms with Crippen molar-refractivity contribution in [1.82, 2.24) is 0 Å². The zero-order chi connectivity index (χ0) is 16.6. The van der Waals surface area contributed by atoms with Crippen LogP contribution in [0.15, 0.2) is 10.2 Å². The predicted molar refractivity (Wildman–Crippen MR) is 112 cm³/mol. The Morgan fingerprint density at radius 2 is 1.30 bits per heavy atom. The summed E-state index contributed by atoms with van der Waals surface area (Å²) in [7, 11) is 0. The maximum Gasteiger partial charge on any atom is 0.184 e. The van der Waals surface area contributed by atoms with Crippen LogP contribution in [0.1, 0.15) is 96.8 Å². The lowest BCUT2D eigenvalue weighted by molar-refractivity contribution is 0.538. The maximum atomic E-state index is 5.00. The Morgan fingerprint density at radius 1 is 0.826 bits per heavy atom. The number of hydrogen-bond donors (Lipinski definition) is 0. The van der Waals surface area contributed by atoms with E-state index in [9.17, 15) is 0 Å². The minimum atomic E-state index is 0.240. The van der Waals surface area contributed by atoms with E-state index in [0.29, 0.717) is 4.32 Å². The number of thioether (sulfide) groups is 2. The second-order valence-electron chi connectivity index (χ2n) is 6.37. The van der Waals surface area contributed by atoms with E-state index in [1.54, 1.807) is 11.8 Å². The van der Waals surface area contributed by atoms with Gasteiger partial charge in [-0.25, -0.2) is 0 Å². The van der Waals surface area contributed by atoms with Crippen LogP contribution >= 0.6 is 35.7 Å². The number of hydrogen-bond acceptors (Lipinski definition) is 4. The summed E-state index contributed by atoms with van der Waals surface area (Å²) in [5.74, 6) is 1.19. The van der Waals surface area contributed by atoms with E-state index in [4.69, 9.17) is 12.2 Å². The molecule has 1 aliphatic heterocycles. The molecule has 0 radical (unpaired) electrons. The molecule has 0 bridgehead atoms. The van der Waals surface area contributed by atoms with E-state index in [-0.39, 0.29) is 4.71 Å². The van der Waals surface area contributed by atoms with Crippen molar-refractivity contribution in [1.29, 1.82) is 0 Å². The molecule has 0 saturated heterocycles. The Kier molecular flexibility index (Phi) is 14.8. The molecule has 0 aromatic rings. The van der Waals surface area contributed by atoms with E-state index in [2.05, 4.69) is 17.2 Å². The largest absolute Gasteiger partial charge is 0.184 e. The molecule has 0 spiro atoms. The number of thiocarbonyl (C=S) groups is 1. The number of unbranched alkanes of at least 4 members (excludes halogenated alkanes) is 13. The lowest BCUT2D eigenvalue weighted by atomic mass is 10.0. The minimum Gasteiger partial charge on any atom is -0.161 e. The second-order valence-corrected chi connectivity index (χ2v) is 9.57. The van der Waals surface area contributed by atoms with Crippen molar-refractivity contribution in [3.8, 4) is 0 Å². The molecule has 0 aromatic heterocycles. The Bertz CT molecular complexity index is 321. The third-order valence-corrected chi connectivity index (χ3v) is 6.74. The summed E-state index contributed by atoms with van der Waals surface area (Å²) < 4.78 is 0.938. The van der Waals surface area contributed by atoms with Gasteiger partial charge in [-0.2, -0.15) is 5.11 Å². The fourth-order valence-electron chi connectivity index (χ4n) is 2.78. The van der Waals surface area contributed by atoms with Crippen molar-refractivity contribution in [2.75, 3.05) is 5.75 Å². The van der Waals surface area contributed by atoms with E-state index in [0.717, 1.165) is 0 Å². The van der Waals surface area contributed by atoms with Crippen LogP contribution in [0.2, 0.25) is 0 Å². The van der Waals surface area contributed by atoms with Crippen LogP contribution in [0.5, 0.6) is 0 Å². The van der Waals surface area contributed by atoms with Crippen molar-refractivity contribution < 1.29 is 0 Å². The second kappa shape index (κ2) is 15.9. The van der Waals surface area contributed by atoms with Crippen LogP contribution in [-0.2, 0) is 0 Å². The molecule has 2 nitrogen and oxygen atoms in total. The van der Waals surface area contributed by atoms with Crippen LogP contribution in [0, 0.1) is 0 Å². The normalized spacial score (nSPS) is 17.3. The fourth-order valence-corrected chi connectivity index (χ4v) is 5.16. The molecular formula is C18H34N2S3. The van der Waals surface area contributed by atoms with Gasteiger partial charge in [0.05, 0.1) is 0 Å². The summed E-state index contributed by atoms with van der Waals surface area (Å²) in [5, 5.41) is 8.03. The van der Waals surface area contributed by atoms with E-state index < -0.39 is 0 Å². The molecule has 134 valence electrons. The van der Waals surface area contributed by atoms with Gasteiger partial charge in [0.25, 0.3) is 0 Å². The van der Waals surface area contributed by atoms with Gasteiger partial charge < -0.3 is 0 Å². The number of azo groups is 1. The van der Waals surface area contributed by atoms with Gasteiger partial charge in [0.2, 0.25) is 0 Å².